The van der Waals surface area contributed by atoms with Crippen LogP contribution in [0, 0.1) is 6.92 Å². The molecule has 2 aromatic rings. The molecular weight excluding hydrogens is 264 g/mol. The lowest BCUT2D eigenvalue weighted by Gasteiger charge is -2.06. The van der Waals surface area contributed by atoms with Gasteiger partial charge in [0.05, 0.1) is 6.61 Å². The number of allylic oxidation sites excluding steroid dienone is 1. The summed E-state index contributed by atoms with van der Waals surface area (Å²) in [5.41, 5.74) is 2.45. The van der Waals surface area contributed by atoms with Gasteiger partial charge in [-0.25, -0.2) is 0 Å². The van der Waals surface area contributed by atoms with Gasteiger partial charge in [-0.15, -0.1) is 0 Å². The van der Waals surface area contributed by atoms with E-state index in [1.54, 1.807) is 24.3 Å². The van der Waals surface area contributed by atoms with Crippen molar-refractivity contribution in [3.8, 4) is 11.5 Å². The topological polar surface area (TPSA) is 46.5 Å². The van der Waals surface area contributed by atoms with Crippen molar-refractivity contribution in [3.63, 3.8) is 0 Å². The second-order valence-corrected chi connectivity index (χ2v) is 4.67. The molecule has 0 saturated carbocycles. The van der Waals surface area contributed by atoms with Gasteiger partial charge < -0.3 is 9.84 Å². The van der Waals surface area contributed by atoms with Gasteiger partial charge in [0, 0.05) is 5.56 Å². The van der Waals surface area contributed by atoms with Crippen LogP contribution in [0.4, 0.5) is 0 Å². The van der Waals surface area contributed by atoms with Crippen molar-refractivity contribution < 1.29 is 14.6 Å². The molecule has 0 bridgehead atoms. The van der Waals surface area contributed by atoms with Crippen LogP contribution in [0.15, 0.2) is 48.5 Å². The fourth-order valence-corrected chi connectivity index (χ4v) is 2.02. The lowest BCUT2D eigenvalue weighted by atomic mass is 10.0. The number of hydrogen-bond acceptors (Lipinski definition) is 3. The Hall–Kier alpha value is -2.55. The van der Waals surface area contributed by atoms with Crippen LogP contribution in [-0.4, -0.2) is 17.5 Å². The van der Waals surface area contributed by atoms with Crippen LogP contribution in [0.25, 0.3) is 6.08 Å². The lowest BCUT2D eigenvalue weighted by Crippen LogP contribution is -1.97. The number of carbonyl (C=O) groups excluding carboxylic acids is 1. The minimum absolute atomic E-state index is 0.0425. The first-order valence-corrected chi connectivity index (χ1v) is 6.85. The van der Waals surface area contributed by atoms with Gasteiger partial charge in [0.25, 0.3) is 0 Å². The smallest absolute Gasteiger partial charge is 0.186 e. The number of phenolic OH excluding ortho intramolecular Hbond substituents is 1. The number of rotatable bonds is 5. The van der Waals surface area contributed by atoms with Crippen molar-refractivity contribution in [2.75, 3.05) is 6.61 Å². The molecule has 108 valence electrons. The molecule has 0 spiro atoms. The maximum absolute atomic E-state index is 12.1. The molecule has 0 aliphatic carbocycles. The second kappa shape index (κ2) is 6.75. The molecule has 0 radical (unpaired) electrons. The minimum atomic E-state index is -0.0425. The van der Waals surface area contributed by atoms with E-state index in [-0.39, 0.29) is 11.5 Å². The van der Waals surface area contributed by atoms with E-state index in [0.29, 0.717) is 17.9 Å². The SMILES string of the molecule is CCOc1cc(/C=C/C(=O)c2ccccc2C)ccc1O. The maximum Gasteiger partial charge on any atom is 0.186 e. The number of aryl methyl sites for hydroxylation is 1. The minimum Gasteiger partial charge on any atom is -0.504 e. The summed E-state index contributed by atoms with van der Waals surface area (Å²) in [7, 11) is 0. The Morgan fingerprint density at radius 2 is 2.00 bits per heavy atom. The number of phenols is 1. The summed E-state index contributed by atoms with van der Waals surface area (Å²) < 4.78 is 5.32. The fraction of sp³-hybridized carbons (Fsp3) is 0.167. The van der Waals surface area contributed by atoms with Crippen LogP contribution >= 0.6 is 0 Å². The first kappa shape index (κ1) is 14.9. The first-order chi connectivity index (χ1) is 10.1. The van der Waals surface area contributed by atoms with Crippen LogP contribution in [0.1, 0.15) is 28.4 Å². The van der Waals surface area contributed by atoms with Gasteiger partial charge in [0.1, 0.15) is 0 Å². The van der Waals surface area contributed by atoms with Crippen LogP contribution < -0.4 is 4.74 Å². The largest absolute Gasteiger partial charge is 0.504 e. The zero-order valence-electron chi connectivity index (χ0n) is 12.2. The highest BCUT2D eigenvalue weighted by molar-refractivity contribution is 6.07. The van der Waals surface area contributed by atoms with E-state index in [9.17, 15) is 9.90 Å². The van der Waals surface area contributed by atoms with Crippen LogP contribution in [0.3, 0.4) is 0 Å². The molecule has 1 N–H and O–H groups in total. The van der Waals surface area contributed by atoms with E-state index in [1.165, 1.54) is 6.08 Å². The van der Waals surface area contributed by atoms with Gasteiger partial charge in [0.15, 0.2) is 17.3 Å². The Labute approximate surface area is 124 Å². The van der Waals surface area contributed by atoms with Gasteiger partial charge in [-0.05, 0) is 43.2 Å². The summed E-state index contributed by atoms with van der Waals surface area (Å²) in [5, 5.41) is 9.64. The Balaban J connectivity index is 2.20. The van der Waals surface area contributed by atoms with Crippen molar-refractivity contribution in [2.45, 2.75) is 13.8 Å². The van der Waals surface area contributed by atoms with Crippen molar-refractivity contribution in [3.05, 3.63) is 65.2 Å². The average molecular weight is 282 g/mol. The zero-order valence-corrected chi connectivity index (χ0v) is 12.2. The van der Waals surface area contributed by atoms with Crippen LogP contribution in [0.2, 0.25) is 0 Å². The number of aromatic hydroxyl groups is 1. The third kappa shape index (κ3) is 3.72. The van der Waals surface area contributed by atoms with E-state index in [2.05, 4.69) is 0 Å². The van der Waals surface area contributed by atoms with Crippen LogP contribution in [-0.2, 0) is 0 Å². The Kier molecular flexibility index (Phi) is 4.77. The molecule has 21 heavy (non-hydrogen) atoms. The van der Waals surface area contributed by atoms with Gasteiger partial charge in [-0.1, -0.05) is 36.4 Å². The van der Waals surface area contributed by atoms with E-state index in [4.69, 9.17) is 4.74 Å². The Morgan fingerprint density at radius 1 is 1.24 bits per heavy atom. The molecule has 0 aliphatic rings. The van der Waals surface area contributed by atoms with E-state index in [0.717, 1.165) is 11.1 Å². The molecule has 0 amide bonds. The molecule has 0 aromatic heterocycles. The number of hydrogen-bond donors (Lipinski definition) is 1. The third-order valence-corrected chi connectivity index (χ3v) is 3.12. The predicted octanol–water partition coefficient (Wildman–Crippen LogP) is 4.00. The molecule has 0 atom stereocenters. The summed E-state index contributed by atoms with van der Waals surface area (Å²) in [5.74, 6) is 0.473. The average Bonchev–Trinajstić information content (AvgIpc) is 2.48. The molecule has 3 nitrogen and oxygen atoms in total. The molecule has 0 unspecified atom stereocenters. The van der Waals surface area contributed by atoms with Crippen molar-refractivity contribution >= 4 is 11.9 Å². The van der Waals surface area contributed by atoms with Gasteiger partial charge in [-0.2, -0.15) is 0 Å². The van der Waals surface area contributed by atoms with Crippen molar-refractivity contribution in [1.82, 2.24) is 0 Å². The number of ether oxygens (including phenoxy) is 1. The molecule has 3 heteroatoms. The van der Waals surface area contributed by atoms with Crippen LogP contribution in [0.5, 0.6) is 11.5 Å². The van der Waals surface area contributed by atoms with Gasteiger partial charge >= 0.3 is 0 Å². The Bertz CT molecular complexity index is 672. The molecule has 0 aliphatic heterocycles. The maximum atomic E-state index is 12.1. The number of benzene rings is 2. The third-order valence-electron chi connectivity index (χ3n) is 3.12. The second-order valence-electron chi connectivity index (χ2n) is 4.67. The highest BCUT2D eigenvalue weighted by Crippen LogP contribution is 2.27. The first-order valence-electron chi connectivity index (χ1n) is 6.85. The number of carbonyl (C=O) groups is 1. The van der Waals surface area contributed by atoms with Crippen molar-refractivity contribution in [1.29, 1.82) is 0 Å². The van der Waals surface area contributed by atoms with E-state index >= 15 is 0 Å². The van der Waals surface area contributed by atoms with E-state index in [1.807, 2.05) is 38.1 Å². The summed E-state index contributed by atoms with van der Waals surface area (Å²) in [6.45, 7) is 4.24. The molecule has 0 heterocycles. The fourth-order valence-electron chi connectivity index (χ4n) is 2.02. The highest BCUT2D eigenvalue weighted by Gasteiger charge is 2.05. The molecule has 2 rings (SSSR count). The standard InChI is InChI=1S/C18H18O3/c1-3-21-18-12-14(9-11-17(18)20)8-10-16(19)15-7-5-4-6-13(15)2/h4-12,20H,3H2,1-2H3/b10-8+. The van der Waals surface area contributed by atoms with E-state index < -0.39 is 0 Å². The summed E-state index contributed by atoms with van der Waals surface area (Å²) >= 11 is 0. The quantitative estimate of drug-likeness (QED) is 0.666. The number of ketones is 1. The Morgan fingerprint density at radius 3 is 2.71 bits per heavy atom. The van der Waals surface area contributed by atoms with Crippen molar-refractivity contribution in [2.24, 2.45) is 0 Å². The molecule has 0 saturated heterocycles. The highest BCUT2D eigenvalue weighted by atomic mass is 16.5. The summed E-state index contributed by atoms with van der Waals surface area (Å²) in [6, 6.07) is 12.5. The van der Waals surface area contributed by atoms with Gasteiger partial charge in [0.2, 0.25) is 0 Å². The molecule has 2 aromatic carbocycles. The normalized spacial score (nSPS) is 10.8. The van der Waals surface area contributed by atoms with Gasteiger partial charge in [-0.3, -0.25) is 4.79 Å². The lowest BCUT2D eigenvalue weighted by molar-refractivity contribution is 0.104. The summed E-state index contributed by atoms with van der Waals surface area (Å²) in [4.78, 5) is 12.1. The molecular formula is C18H18O3. The predicted molar refractivity (Wildman–Crippen MR) is 83.8 cm³/mol. The summed E-state index contributed by atoms with van der Waals surface area (Å²) in [6.07, 6.45) is 3.25. The monoisotopic (exact) mass is 282 g/mol. The molecule has 0 fully saturated rings. The zero-order chi connectivity index (χ0) is 15.2.